The lowest BCUT2D eigenvalue weighted by atomic mass is 10.1. The molecule has 3 nitrogen and oxygen atoms in total. The Kier molecular flexibility index (Phi) is 4.10. The lowest BCUT2D eigenvalue weighted by molar-refractivity contribution is 0.0281. The molecular weight excluding hydrogens is 272 g/mol. The molecule has 16 heavy (non-hydrogen) atoms. The Morgan fingerprint density at radius 2 is 2.12 bits per heavy atom. The van der Waals surface area contributed by atoms with E-state index >= 15 is 0 Å². The number of hydrogen-bond acceptors (Lipinski definition) is 3. The smallest absolute Gasteiger partial charge is 0.163 e. The zero-order chi connectivity index (χ0) is 12.3. The fourth-order valence-corrected chi connectivity index (χ4v) is 1.52. The van der Waals surface area contributed by atoms with Gasteiger partial charge in [0.05, 0.1) is 11.2 Å². The highest BCUT2D eigenvalue weighted by Gasteiger charge is 2.16. The maximum atomic E-state index is 11.4. The van der Waals surface area contributed by atoms with Gasteiger partial charge in [0.25, 0.3) is 0 Å². The zero-order valence-electron chi connectivity index (χ0n) is 9.58. The van der Waals surface area contributed by atoms with Gasteiger partial charge in [-0.25, -0.2) is 0 Å². The Labute approximate surface area is 104 Å². The summed E-state index contributed by atoms with van der Waals surface area (Å²) in [5.41, 5.74) is -0.403. The number of hydrogen-bond donors (Lipinski definition) is 1. The predicted octanol–water partition coefficient (Wildman–Crippen LogP) is 2.80. The number of carbonyl (C=O) groups is 1. The van der Waals surface area contributed by atoms with Crippen LogP contribution < -0.4 is 4.74 Å². The monoisotopic (exact) mass is 286 g/mol. The van der Waals surface area contributed by atoms with Crippen molar-refractivity contribution in [3.63, 3.8) is 0 Å². The summed E-state index contributed by atoms with van der Waals surface area (Å²) >= 11 is 3.30. The quantitative estimate of drug-likeness (QED) is 0.866. The van der Waals surface area contributed by atoms with E-state index in [0.29, 0.717) is 11.3 Å². The first kappa shape index (κ1) is 13.2. The summed E-state index contributed by atoms with van der Waals surface area (Å²) in [6.45, 7) is 4.94. The molecule has 4 heteroatoms. The van der Waals surface area contributed by atoms with E-state index in [4.69, 9.17) is 4.74 Å². The fourth-order valence-electron chi connectivity index (χ4n) is 1.16. The van der Waals surface area contributed by atoms with Crippen LogP contribution in [0.4, 0.5) is 0 Å². The second kappa shape index (κ2) is 4.97. The van der Waals surface area contributed by atoms with Crippen LogP contribution in [0.15, 0.2) is 22.7 Å². The highest BCUT2D eigenvalue weighted by molar-refractivity contribution is 9.10. The van der Waals surface area contributed by atoms with Crippen LogP contribution in [-0.4, -0.2) is 23.1 Å². The van der Waals surface area contributed by atoms with Gasteiger partial charge in [-0.3, -0.25) is 4.79 Å². The fraction of sp³-hybridized carbons (Fsp3) is 0.417. The van der Waals surface area contributed by atoms with E-state index in [0.717, 1.165) is 4.47 Å². The van der Waals surface area contributed by atoms with Gasteiger partial charge in [-0.05, 0) is 39.0 Å². The second-order valence-electron chi connectivity index (χ2n) is 4.30. The third-order valence-electron chi connectivity index (χ3n) is 1.90. The van der Waals surface area contributed by atoms with Gasteiger partial charge in [0.1, 0.15) is 12.4 Å². The van der Waals surface area contributed by atoms with E-state index in [2.05, 4.69) is 15.9 Å². The molecule has 0 bridgehead atoms. The molecule has 0 fully saturated rings. The van der Waals surface area contributed by atoms with E-state index in [1.54, 1.807) is 32.0 Å². The molecule has 1 aromatic rings. The average molecular weight is 287 g/mol. The minimum absolute atomic E-state index is 0.0629. The molecule has 0 aromatic heterocycles. The third-order valence-corrected chi connectivity index (χ3v) is 2.40. The minimum Gasteiger partial charge on any atom is -0.490 e. The van der Waals surface area contributed by atoms with Crippen LogP contribution in [0.1, 0.15) is 31.1 Å². The van der Waals surface area contributed by atoms with Crippen LogP contribution in [0.3, 0.4) is 0 Å². The Balaban J connectivity index is 2.91. The van der Waals surface area contributed by atoms with Crippen molar-refractivity contribution < 1.29 is 14.6 Å². The van der Waals surface area contributed by atoms with Crippen molar-refractivity contribution in [2.75, 3.05) is 6.61 Å². The molecule has 0 radical (unpaired) electrons. The van der Waals surface area contributed by atoms with Gasteiger partial charge in [-0.15, -0.1) is 0 Å². The SMILES string of the molecule is CC(=O)c1cc(Br)ccc1OCC(C)(C)O. The molecule has 1 N–H and O–H groups in total. The molecular formula is C12H15BrO3. The van der Waals surface area contributed by atoms with Crippen molar-refractivity contribution in [3.05, 3.63) is 28.2 Å². The molecule has 0 aliphatic rings. The van der Waals surface area contributed by atoms with Crippen molar-refractivity contribution in [3.8, 4) is 5.75 Å². The molecule has 0 saturated carbocycles. The zero-order valence-corrected chi connectivity index (χ0v) is 11.2. The van der Waals surface area contributed by atoms with Gasteiger partial charge in [-0.1, -0.05) is 15.9 Å². The highest BCUT2D eigenvalue weighted by Crippen LogP contribution is 2.24. The first-order valence-electron chi connectivity index (χ1n) is 4.95. The lowest BCUT2D eigenvalue weighted by Gasteiger charge is -2.19. The first-order valence-corrected chi connectivity index (χ1v) is 5.74. The molecule has 1 aromatic carbocycles. The standard InChI is InChI=1S/C12H15BrO3/c1-8(14)10-6-9(13)4-5-11(10)16-7-12(2,3)15/h4-6,15H,7H2,1-3H3. The summed E-state index contributed by atoms with van der Waals surface area (Å²) in [5, 5.41) is 9.54. The number of aliphatic hydroxyl groups is 1. The van der Waals surface area contributed by atoms with Gasteiger partial charge in [-0.2, -0.15) is 0 Å². The summed E-state index contributed by atoms with van der Waals surface area (Å²) in [4.78, 5) is 11.4. The van der Waals surface area contributed by atoms with Gasteiger partial charge in [0, 0.05) is 4.47 Å². The minimum atomic E-state index is -0.916. The molecule has 88 valence electrons. The maximum absolute atomic E-state index is 11.4. The molecule has 0 atom stereocenters. The van der Waals surface area contributed by atoms with Gasteiger partial charge in [0.15, 0.2) is 5.78 Å². The van der Waals surface area contributed by atoms with Crippen LogP contribution >= 0.6 is 15.9 Å². The number of benzene rings is 1. The van der Waals surface area contributed by atoms with E-state index in [1.807, 2.05) is 0 Å². The Morgan fingerprint density at radius 1 is 1.50 bits per heavy atom. The van der Waals surface area contributed by atoms with E-state index in [-0.39, 0.29) is 12.4 Å². The molecule has 0 unspecified atom stereocenters. The van der Waals surface area contributed by atoms with Crippen LogP contribution in [0.25, 0.3) is 0 Å². The van der Waals surface area contributed by atoms with E-state index in [9.17, 15) is 9.90 Å². The Morgan fingerprint density at radius 3 is 2.62 bits per heavy atom. The lowest BCUT2D eigenvalue weighted by Crippen LogP contribution is -2.28. The number of Topliss-reactive ketones (excluding diaryl/α,β-unsaturated/α-hetero) is 1. The summed E-state index contributed by atoms with van der Waals surface area (Å²) in [5.74, 6) is 0.435. The molecule has 1 rings (SSSR count). The van der Waals surface area contributed by atoms with Crippen molar-refractivity contribution in [1.29, 1.82) is 0 Å². The average Bonchev–Trinajstić information content (AvgIpc) is 2.14. The maximum Gasteiger partial charge on any atom is 0.163 e. The van der Waals surface area contributed by atoms with E-state index < -0.39 is 5.60 Å². The second-order valence-corrected chi connectivity index (χ2v) is 5.21. The topological polar surface area (TPSA) is 46.5 Å². The normalized spacial score (nSPS) is 11.3. The third kappa shape index (κ3) is 3.94. The largest absolute Gasteiger partial charge is 0.490 e. The van der Waals surface area contributed by atoms with Crippen LogP contribution in [0.5, 0.6) is 5.75 Å². The number of carbonyl (C=O) groups excluding carboxylic acids is 1. The number of rotatable bonds is 4. The number of halogens is 1. The predicted molar refractivity (Wildman–Crippen MR) is 65.9 cm³/mol. The Bertz CT molecular complexity index is 394. The Hall–Kier alpha value is -0.870. The van der Waals surface area contributed by atoms with Crippen LogP contribution in [-0.2, 0) is 0 Å². The van der Waals surface area contributed by atoms with Crippen LogP contribution in [0.2, 0.25) is 0 Å². The van der Waals surface area contributed by atoms with Crippen molar-refractivity contribution in [2.45, 2.75) is 26.4 Å². The van der Waals surface area contributed by atoms with Gasteiger partial charge in [0.2, 0.25) is 0 Å². The van der Waals surface area contributed by atoms with Crippen molar-refractivity contribution in [2.24, 2.45) is 0 Å². The van der Waals surface area contributed by atoms with Crippen LogP contribution in [0, 0.1) is 0 Å². The molecule has 0 saturated heterocycles. The summed E-state index contributed by atoms with van der Waals surface area (Å²) in [6.07, 6.45) is 0. The molecule has 0 heterocycles. The summed E-state index contributed by atoms with van der Waals surface area (Å²) < 4.78 is 6.25. The summed E-state index contributed by atoms with van der Waals surface area (Å²) in [6, 6.07) is 5.22. The van der Waals surface area contributed by atoms with Crippen molar-refractivity contribution in [1.82, 2.24) is 0 Å². The molecule has 0 aliphatic carbocycles. The van der Waals surface area contributed by atoms with Gasteiger partial charge < -0.3 is 9.84 Å². The number of ketones is 1. The van der Waals surface area contributed by atoms with Gasteiger partial charge >= 0.3 is 0 Å². The molecule has 0 aliphatic heterocycles. The molecule has 0 spiro atoms. The molecule has 0 amide bonds. The first-order chi connectivity index (χ1) is 7.29. The van der Waals surface area contributed by atoms with E-state index in [1.165, 1.54) is 6.92 Å². The number of ether oxygens (including phenoxy) is 1. The highest BCUT2D eigenvalue weighted by atomic mass is 79.9. The summed E-state index contributed by atoms with van der Waals surface area (Å²) in [7, 11) is 0. The van der Waals surface area contributed by atoms with Crippen molar-refractivity contribution >= 4 is 21.7 Å².